The van der Waals surface area contributed by atoms with Gasteiger partial charge in [0.15, 0.2) is 0 Å². The first kappa shape index (κ1) is 12.6. The molecule has 3 saturated carbocycles. The zero-order chi connectivity index (χ0) is 13.9. The summed E-state index contributed by atoms with van der Waals surface area (Å²) < 4.78 is 0. The number of aliphatic hydroxyl groups is 2. The first-order chi connectivity index (χ1) is 8.67. The molecule has 2 N–H and O–H groups in total. The Balaban J connectivity index is 2.04. The van der Waals surface area contributed by atoms with Crippen LogP contribution in [0.25, 0.3) is 0 Å². The molecule has 0 aromatic heterocycles. The molecule has 0 radical (unpaired) electrons. The van der Waals surface area contributed by atoms with Gasteiger partial charge in [0.25, 0.3) is 0 Å². The number of allylic oxidation sites excluding steroid dienone is 1. The van der Waals surface area contributed by atoms with Crippen molar-refractivity contribution in [2.45, 2.75) is 62.9 Å². The molecule has 1 heterocycles. The molecule has 4 aliphatic rings. The van der Waals surface area contributed by atoms with Crippen LogP contribution in [0.4, 0.5) is 0 Å². The highest BCUT2D eigenvalue weighted by molar-refractivity contribution is 6.82. The van der Waals surface area contributed by atoms with Crippen molar-refractivity contribution in [2.75, 3.05) is 6.61 Å². The van der Waals surface area contributed by atoms with Gasteiger partial charge in [-0.1, -0.05) is 38.6 Å². The fraction of sp³-hybridized carbons (Fsp3) is 0.875. The van der Waals surface area contributed by atoms with Crippen LogP contribution in [0.2, 0.25) is 24.2 Å². The van der Waals surface area contributed by atoms with E-state index in [1.807, 2.05) is 0 Å². The monoisotopic (exact) mass is 278 g/mol. The fourth-order valence-electron chi connectivity index (χ4n) is 6.98. The molecule has 3 fully saturated rings. The predicted octanol–water partition coefficient (Wildman–Crippen LogP) is 2.94. The number of rotatable bonds is 1. The molecular formula is C16H26O2Si. The second-order valence-corrected chi connectivity index (χ2v) is 14.0. The Hall–Kier alpha value is -0.123. The first-order valence-corrected chi connectivity index (χ1v) is 10.9. The lowest BCUT2D eigenvalue weighted by Crippen LogP contribution is -2.56. The lowest BCUT2D eigenvalue weighted by molar-refractivity contribution is -0.0670. The molecule has 106 valence electrons. The maximum absolute atomic E-state index is 11.4. The highest BCUT2D eigenvalue weighted by Gasteiger charge is 2.87. The Morgan fingerprint density at radius 2 is 2.00 bits per heavy atom. The van der Waals surface area contributed by atoms with E-state index in [-0.39, 0.29) is 17.4 Å². The van der Waals surface area contributed by atoms with Gasteiger partial charge in [-0.25, -0.2) is 0 Å². The maximum atomic E-state index is 11.4. The molecule has 4 atom stereocenters. The first-order valence-electron chi connectivity index (χ1n) is 7.71. The zero-order valence-electron chi connectivity index (χ0n) is 12.6. The molecule has 1 spiro atoms. The zero-order valence-corrected chi connectivity index (χ0v) is 13.6. The summed E-state index contributed by atoms with van der Waals surface area (Å²) in [7, 11) is -1.41. The van der Waals surface area contributed by atoms with Crippen LogP contribution in [-0.2, 0) is 0 Å². The second kappa shape index (κ2) is 2.90. The predicted molar refractivity (Wildman–Crippen MR) is 78.7 cm³/mol. The normalized spacial score (nSPS) is 55.5. The third-order valence-electron chi connectivity index (χ3n) is 7.43. The van der Waals surface area contributed by atoms with Gasteiger partial charge in [-0.2, -0.15) is 0 Å². The van der Waals surface area contributed by atoms with E-state index in [2.05, 4.69) is 33.0 Å². The van der Waals surface area contributed by atoms with Crippen molar-refractivity contribution in [3.05, 3.63) is 11.6 Å². The standard InChI is InChI=1S/C16H26O2Si/c1-13(2)9-14(18)7-11-8-16(11)15(14,10-17)12(13)5-6-19(16,3)4/h5,11,17-18H,6-10H2,1-4H3/t11-,14+,15+,16-/m0/s1. The van der Waals surface area contributed by atoms with E-state index in [1.54, 1.807) is 0 Å². The molecule has 0 saturated heterocycles. The summed E-state index contributed by atoms with van der Waals surface area (Å²) >= 11 is 0. The van der Waals surface area contributed by atoms with Crippen molar-refractivity contribution in [3.63, 3.8) is 0 Å². The quantitative estimate of drug-likeness (QED) is 0.572. The largest absolute Gasteiger partial charge is 0.395 e. The molecule has 4 rings (SSSR count). The van der Waals surface area contributed by atoms with Gasteiger partial charge in [0, 0.05) is 5.41 Å². The Bertz CT molecular complexity index is 509. The van der Waals surface area contributed by atoms with Crippen LogP contribution in [-0.4, -0.2) is 30.5 Å². The summed E-state index contributed by atoms with van der Waals surface area (Å²) in [6.07, 6.45) is 5.47. The van der Waals surface area contributed by atoms with Gasteiger partial charge < -0.3 is 10.2 Å². The number of hydrogen-bond acceptors (Lipinski definition) is 2. The molecule has 3 aliphatic carbocycles. The Kier molecular flexibility index (Phi) is 1.93. The number of aliphatic hydroxyl groups excluding tert-OH is 1. The van der Waals surface area contributed by atoms with E-state index in [1.165, 1.54) is 18.0 Å². The number of hydrogen-bond donors (Lipinski definition) is 2. The summed E-state index contributed by atoms with van der Waals surface area (Å²) in [5, 5.41) is 22.0. The van der Waals surface area contributed by atoms with Crippen LogP contribution in [0.1, 0.15) is 33.1 Å². The summed E-state index contributed by atoms with van der Waals surface area (Å²) in [6.45, 7) is 9.64. The molecule has 3 heteroatoms. The van der Waals surface area contributed by atoms with Crippen molar-refractivity contribution < 1.29 is 10.2 Å². The summed E-state index contributed by atoms with van der Waals surface area (Å²) in [5.74, 6) is 0.686. The van der Waals surface area contributed by atoms with Crippen LogP contribution in [0, 0.1) is 16.7 Å². The second-order valence-electron chi connectivity index (χ2n) is 8.94. The van der Waals surface area contributed by atoms with E-state index in [0.717, 1.165) is 12.8 Å². The van der Waals surface area contributed by atoms with Crippen molar-refractivity contribution in [2.24, 2.45) is 16.7 Å². The van der Waals surface area contributed by atoms with Crippen LogP contribution < -0.4 is 0 Å². The Morgan fingerprint density at radius 3 is 2.63 bits per heavy atom. The van der Waals surface area contributed by atoms with Crippen molar-refractivity contribution in [3.8, 4) is 0 Å². The van der Waals surface area contributed by atoms with Gasteiger partial charge in [-0.05, 0) is 41.7 Å². The highest BCUT2D eigenvalue weighted by Crippen LogP contribution is 2.91. The minimum absolute atomic E-state index is 0.0585. The lowest BCUT2D eigenvalue weighted by Gasteiger charge is -2.53. The van der Waals surface area contributed by atoms with E-state index >= 15 is 0 Å². The van der Waals surface area contributed by atoms with Gasteiger partial charge in [-0.3, -0.25) is 0 Å². The average Bonchev–Trinajstić information content (AvgIpc) is 2.86. The van der Waals surface area contributed by atoms with Gasteiger partial charge >= 0.3 is 0 Å². The Labute approximate surface area is 116 Å². The van der Waals surface area contributed by atoms with Gasteiger partial charge in [0.2, 0.25) is 0 Å². The third-order valence-corrected chi connectivity index (χ3v) is 12.1. The molecule has 0 amide bonds. The smallest absolute Gasteiger partial charge is 0.0776 e. The van der Waals surface area contributed by atoms with Gasteiger partial charge in [0.05, 0.1) is 20.3 Å². The van der Waals surface area contributed by atoms with Crippen molar-refractivity contribution in [1.82, 2.24) is 0 Å². The summed E-state index contributed by atoms with van der Waals surface area (Å²) in [5.41, 5.74) is 0.535. The summed E-state index contributed by atoms with van der Waals surface area (Å²) in [4.78, 5) is 0. The van der Waals surface area contributed by atoms with Gasteiger partial charge in [-0.15, -0.1) is 0 Å². The maximum Gasteiger partial charge on any atom is 0.0776 e. The average molecular weight is 278 g/mol. The van der Waals surface area contributed by atoms with E-state index in [9.17, 15) is 10.2 Å². The van der Waals surface area contributed by atoms with Crippen LogP contribution >= 0.6 is 0 Å². The lowest BCUT2D eigenvalue weighted by atomic mass is 9.69. The molecule has 2 nitrogen and oxygen atoms in total. The molecule has 0 aromatic carbocycles. The Morgan fingerprint density at radius 1 is 1.32 bits per heavy atom. The molecule has 1 aliphatic heterocycles. The fourth-order valence-corrected chi connectivity index (χ4v) is 11.7. The summed E-state index contributed by atoms with van der Waals surface area (Å²) in [6, 6.07) is 1.24. The van der Waals surface area contributed by atoms with Crippen LogP contribution in [0.15, 0.2) is 11.6 Å². The van der Waals surface area contributed by atoms with Gasteiger partial charge in [0.1, 0.15) is 0 Å². The van der Waals surface area contributed by atoms with E-state index in [0.29, 0.717) is 11.0 Å². The minimum atomic E-state index is -1.41. The third kappa shape index (κ3) is 0.978. The molecule has 0 bridgehead atoms. The van der Waals surface area contributed by atoms with E-state index in [4.69, 9.17) is 0 Å². The SMILES string of the molecule is CC1(C)C[C@]2(O)C[C@H]3C[C@@]34[C@]2(CO)C1=CC[Si]4(C)C. The molecular weight excluding hydrogens is 252 g/mol. The minimum Gasteiger partial charge on any atom is -0.395 e. The molecule has 0 unspecified atom stereocenters. The van der Waals surface area contributed by atoms with E-state index < -0.39 is 13.7 Å². The highest BCUT2D eigenvalue weighted by atomic mass is 28.3. The van der Waals surface area contributed by atoms with Crippen molar-refractivity contribution in [1.29, 1.82) is 0 Å². The van der Waals surface area contributed by atoms with Crippen LogP contribution in [0.3, 0.4) is 0 Å². The molecule has 0 aromatic rings. The van der Waals surface area contributed by atoms with Crippen molar-refractivity contribution >= 4 is 8.07 Å². The topological polar surface area (TPSA) is 40.5 Å². The molecule has 19 heavy (non-hydrogen) atoms. The van der Waals surface area contributed by atoms with Crippen LogP contribution in [0.5, 0.6) is 0 Å².